The Balaban J connectivity index is 2.06. The summed E-state index contributed by atoms with van der Waals surface area (Å²) in [7, 11) is 1.55. The van der Waals surface area contributed by atoms with Gasteiger partial charge in [0.15, 0.2) is 12.4 Å². The summed E-state index contributed by atoms with van der Waals surface area (Å²) in [5.41, 5.74) is 1.08. The van der Waals surface area contributed by atoms with Gasteiger partial charge in [-0.3, -0.25) is 0 Å². The summed E-state index contributed by atoms with van der Waals surface area (Å²) < 4.78 is 11.9. The highest BCUT2D eigenvalue weighted by Gasteiger charge is 2.11. The molecule has 1 aromatic heterocycles. The Bertz CT molecular complexity index is 613. The van der Waals surface area contributed by atoms with Crippen LogP contribution in [-0.4, -0.2) is 13.1 Å². The Labute approximate surface area is 124 Å². The number of pyridine rings is 1. The summed E-state index contributed by atoms with van der Waals surface area (Å²) >= 11 is 3.35. The van der Waals surface area contributed by atoms with Crippen molar-refractivity contribution < 1.29 is 19.0 Å². The predicted octanol–water partition coefficient (Wildman–Crippen LogP) is 2.45. The zero-order valence-electron chi connectivity index (χ0n) is 10.7. The molecule has 2 aromatic rings. The molecule has 0 aliphatic heterocycles. The molecule has 0 amide bonds. The molecular weight excluding hydrogens is 326 g/mol. The molecule has 0 N–H and O–H groups in total. The van der Waals surface area contributed by atoms with Crippen molar-refractivity contribution in [1.29, 1.82) is 0 Å². The molecule has 0 saturated heterocycles. The molecule has 0 aliphatic rings. The van der Waals surface area contributed by atoms with E-state index >= 15 is 0 Å². The molecule has 0 bridgehead atoms. The maximum Gasteiger partial charge on any atom is 0.338 e. The molecule has 0 aliphatic carbocycles. The topological polar surface area (TPSA) is 62.5 Å². The molecule has 104 valence electrons. The molecule has 0 atom stereocenters. The SMILES string of the molecule is COc1ccc(Br)cc1COC(=O)c1cc[n+]([O-])cc1. The minimum Gasteiger partial charge on any atom is -0.619 e. The molecule has 1 heterocycles. The van der Waals surface area contributed by atoms with Crippen LogP contribution in [0.15, 0.2) is 47.2 Å². The number of halogens is 1. The van der Waals surface area contributed by atoms with Crippen LogP contribution in [0, 0.1) is 5.21 Å². The van der Waals surface area contributed by atoms with Crippen LogP contribution in [0.2, 0.25) is 0 Å². The number of rotatable bonds is 4. The predicted molar refractivity (Wildman–Crippen MR) is 75.2 cm³/mol. The van der Waals surface area contributed by atoms with Crippen LogP contribution in [0.1, 0.15) is 15.9 Å². The van der Waals surface area contributed by atoms with Crippen molar-refractivity contribution in [1.82, 2.24) is 0 Å². The van der Waals surface area contributed by atoms with Crippen molar-refractivity contribution in [3.05, 3.63) is 63.5 Å². The molecule has 0 radical (unpaired) electrons. The lowest BCUT2D eigenvalue weighted by molar-refractivity contribution is -0.605. The van der Waals surface area contributed by atoms with Gasteiger partial charge in [-0.25, -0.2) is 4.79 Å². The fourth-order valence-electron chi connectivity index (χ4n) is 1.64. The van der Waals surface area contributed by atoms with E-state index in [0.717, 1.165) is 10.0 Å². The van der Waals surface area contributed by atoms with Crippen molar-refractivity contribution in [3.8, 4) is 5.75 Å². The average molecular weight is 338 g/mol. The number of carbonyl (C=O) groups is 1. The van der Waals surface area contributed by atoms with Crippen LogP contribution < -0.4 is 9.47 Å². The summed E-state index contributed by atoms with van der Waals surface area (Å²) in [5.74, 6) is 0.152. The molecular formula is C14H12BrNO4. The summed E-state index contributed by atoms with van der Waals surface area (Å²) in [5, 5.41) is 10.9. The van der Waals surface area contributed by atoms with Crippen molar-refractivity contribution >= 4 is 21.9 Å². The Morgan fingerprint density at radius 1 is 1.30 bits per heavy atom. The van der Waals surface area contributed by atoms with Crippen LogP contribution in [-0.2, 0) is 11.3 Å². The first-order valence-electron chi connectivity index (χ1n) is 5.78. The first-order valence-corrected chi connectivity index (χ1v) is 6.58. The Morgan fingerprint density at radius 3 is 2.65 bits per heavy atom. The highest BCUT2D eigenvalue weighted by atomic mass is 79.9. The molecule has 2 rings (SSSR count). The molecule has 0 spiro atoms. The number of ether oxygens (including phenoxy) is 2. The number of hydrogen-bond acceptors (Lipinski definition) is 4. The number of methoxy groups -OCH3 is 1. The van der Waals surface area contributed by atoms with E-state index < -0.39 is 5.97 Å². The van der Waals surface area contributed by atoms with E-state index in [1.807, 2.05) is 12.1 Å². The first-order chi connectivity index (χ1) is 9.60. The number of hydrogen-bond donors (Lipinski definition) is 0. The molecule has 0 unspecified atom stereocenters. The van der Waals surface area contributed by atoms with Gasteiger partial charge in [0, 0.05) is 22.2 Å². The van der Waals surface area contributed by atoms with Crippen molar-refractivity contribution in [2.45, 2.75) is 6.61 Å². The van der Waals surface area contributed by atoms with Gasteiger partial charge in [-0.2, -0.15) is 4.73 Å². The summed E-state index contributed by atoms with van der Waals surface area (Å²) in [4.78, 5) is 11.8. The first kappa shape index (κ1) is 14.3. The van der Waals surface area contributed by atoms with Crippen molar-refractivity contribution in [2.24, 2.45) is 0 Å². The van der Waals surface area contributed by atoms with Crippen LogP contribution in [0.25, 0.3) is 0 Å². The van der Waals surface area contributed by atoms with Crippen LogP contribution in [0.5, 0.6) is 5.75 Å². The molecule has 5 nitrogen and oxygen atoms in total. The van der Waals surface area contributed by atoms with Crippen LogP contribution in [0.4, 0.5) is 0 Å². The molecule has 20 heavy (non-hydrogen) atoms. The summed E-state index contributed by atoms with van der Waals surface area (Å²) in [6.45, 7) is 0.0910. The van der Waals surface area contributed by atoms with Crippen LogP contribution >= 0.6 is 15.9 Å². The van der Waals surface area contributed by atoms with E-state index in [4.69, 9.17) is 9.47 Å². The van der Waals surface area contributed by atoms with E-state index in [0.29, 0.717) is 16.0 Å². The fourth-order valence-corrected chi connectivity index (χ4v) is 2.04. The monoisotopic (exact) mass is 337 g/mol. The smallest absolute Gasteiger partial charge is 0.338 e. The van der Waals surface area contributed by atoms with Crippen LogP contribution in [0.3, 0.4) is 0 Å². The summed E-state index contributed by atoms with van der Waals surface area (Å²) in [6, 6.07) is 8.27. The quantitative estimate of drug-likeness (QED) is 0.488. The van der Waals surface area contributed by atoms with Gasteiger partial charge in [-0.1, -0.05) is 15.9 Å². The Kier molecular flexibility index (Phi) is 4.57. The lowest BCUT2D eigenvalue weighted by Crippen LogP contribution is -2.24. The second kappa shape index (κ2) is 6.38. The second-order valence-electron chi connectivity index (χ2n) is 3.98. The number of esters is 1. The number of carbonyl (C=O) groups excluding carboxylic acids is 1. The zero-order chi connectivity index (χ0) is 14.5. The van der Waals surface area contributed by atoms with Crippen molar-refractivity contribution in [3.63, 3.8) is 0 Å². The summed E-state index contributed by atoms with van der Waals surface area (Å²) in [6.07, 6.45) is 2.49. The highest BCUT2D eigenvalue weighted by molar-refractivity contribution is 9.10. The zero-order valence-corrected chi connectivity index (χ0v) is 12.3. The minimum atomic E-state index is -0.493. The molecule has 1 aromatic carbocycles. The third-order valence-electron chi connectivity index (χ3n) is 2.64. The minimum absolute atomic E-state index is 0.0910. The lowest BCUT2D eigenvalue weighted by Gasteiger charge is -2.09. The normalized spacial score (nSPS) is 10.1. The average Bonchev–Trinajstić information content (AvgIpc) is 2.45. The Morgan fingerprint density at radius 2 is 2.00 bits per heavy atom. The van der Waals surface area contributed by atoms with E-state index in [1.165, 1.54) is 24.5 Å². The maximum atomic E-state index is 11.8. The van der Waals surface area contributed by atoms with E-state index in [-0.39, 0.29) is 6.61 Å². The third kappa shape index (κ3) is 3.48. The van der Waals surface area contributed by atoms with E-state index in [1.54, 1.807) is 13.2 Å². The maximum absolute atomic E-state index is 11.8. The molecule has 0 saturated carbocycles. The van der Waals surface area contributed by atoms with Gasteiger partial charge >= 0.3 is 5.97 Å². The van der Waals surface area contributed by atoms with Gasteiger partial charge in [0.25, 0.3) is 0 Å². The highest BCUT2D eigenvalue weighted by Crippen LogP contribution is 2.23. The Hall–Kier alpha value is -2.08. The van der Waals surface area contributed by atoms with Gasteiger partial charge < -0.3 is 14.7 Å². The van der Waals surface area contributed by atoms with Gasteiger partial charge in [0.05, 0.1) is 12.7 Å². The third-order valence-corrected chi connectivity index (χ3v) is 3.13. The number of benzene rings is 1. The molecule has 0 fully saturated rings. The lowest BCUT2D eigenvalue weighted by atomic mass is 10.2. The van der Waals surface area contributed by atoms with Crippen molar-refractivity contribution in [2.75, 3.05) is 7.11 Å². The largest absolute Gasteiger partial charge is 0.619 e. The number of nitrogens with zero attached hydrogens (tertiary/aromatic N) is 1. The van der Waals surface area contributed by atoms with Gasteiger partial charge in [-0.05, 0) is 18.2 Å². The van der Waals surface area contributed by atoms with E-state index in [2.05, 4.69) is 15.9 Å². The molecule has 6 heteroatoms. The van der Waals surface area contributed by atoms with Gasteiger partial charge in [0.1, 0.15) is 12.4 Å². The van der Waals surface area contributed by atoms with Gasteiger partial charge in [-0.15, -0.1) is 0 Å². The van der Waals surface area contributed by atoms with E-state index in [9.17, 15) is 10.0 Å². The standard InChI is InChI=1S/C14H12BrNO4/c1-19-13-3-2-12(15)8-11(13)9-20-14(17)10-4-6-16(18)7-5-10/h2-8H,9H2,1H3. The number of aromatic nitrogens is 1. The van der Waals surface area contributed by atoms with Gasteiger partial charge in [0.2, 0.25) is 0 Å². The second-order valence-corrected chi connectivity index (χ2v) is 4.89. The fraction of sp³-hybridized carbons (Fsp3) is 0.143.